The lowest BCUT2D eigenvalue weighted by atomic mass is 10.0. The van der Waals surface area contributed by atoms with Gasteiger partial charge in [-0.1, -0.05) is 11.5 Å². The molecule has 0 aliphatic carbocycles. The summed E-state index contributed by atoms with van der Waals surface area (Å²) in [5.74, 6) is 0.343. The third-order valence-corrected chi connectivity index (χ3v) is 5.41. The highest BCUT2D eigenvalue weighted by Crippen LogP contribution is 2.33. The van der Waals surface area contributed by atoms with Crippen molar-refractivity contribution in [1.82, 2.24) is 4.72 Å². The summed E-state index contributed by atoms with van der Waals surface area (Å²) in [6, 6.07) is -0.764. The monoisotopic (exact) mass is 336 g/mol. The fourth-order valence-electron chi connectivity index (χ4n) is 2.25. The zero-order valence-corrected chi connectivity index (χ0v) is 13.7. The molecule has 0 radical (unpaired) electrons. The number of unbranched alkanes of at least 4 members (excludes halogenated alkanes) is 1. The molecule has 10 heteroatoms. The topological polar surface area (TPSA) is 121 Å². The predicted octanol–water partition coefficient (Wildman–Crippen LogP) is 1.43. The molecule has 0 aromatic rings. The van der Waals surface area contributed by atoms with E-state index in [4.69, 9.17) is 5.53 Å². The van der Waals surface area contributed by atoms with Crippen molar-refractivity contribution in [1.29, 1.82) is 0 Å². The quantitative estimate of drug-likeness (QED) is 0.236. The van der Waals surface area contributed by atoms with Crippen LogP contribution in [0.4, 0.5) is 0 Å². The number of sulfonamides is 1. The van der Waals surface area contributed by atoms with Crippen LogP contribution in [0.2, 0.25) is 0 Å². The third-order valence-electron chi connectivity index (χ3n) is 3.18. The highest BCUT2D eigenvalue weighted by molar-refractivity contribution is 8.00. The van der Waals surface area contributed by atoms with E-state index < -0.39 is 16.1 Å². The molecule has 1 rings (SSSR count). The number of carbonyl (C=O) groups excluding carboxylic acids is 1. The highest BCUT2D eigenvalue weighted by Gasteiger charge is 2.37. The summed E-state index contributed by atoms with van der Waals surface area (Å²) >= 11 is 1.60. The standard InChI is InChI=1S/C11H20N4O4S2/c1-19-10(16)6-4-3-5-9-11(13-15-12)8(7-20-9)14-21(2,17)18/h8-9,11,14H,3-7H2,1-2H3/t8-,9+,11+/m1/s1. The molecule has 1 saturated heterocycles. The summed E-state index contributed by atoms with van der Waals surface area (Å²) in [5.41, 5.74) is 8.65. The third kappa shape index (κ3) is 6.56. The Balaban J connectivity index is 2.50. The van der Waals surface area contributed by atoms with Gasteiger partial charge in [0, 0.05) is 28.4 Å². The Morgan fingerprint density at radius 1 is 1.52 bits per heavy atom. The average Bonchev–Trinajstić information content (AvgIpc) is 2.75. The van der Waals surface area contributed by atoms with Gasteiger partial charge in [0.2, 0.25) is 10.0 Å². The Morgan fingerprint density at radius 3 is 2.81 bits per heavy atom. The molecule has 0 spiro atoms. The number of thioether (sulfide) groups is 1. The summed E-state index contributed by atoms with van der Waals surface area (Å²) < 4.78 is 29.7. The smallest absolute Gasteiger partial charge is 0.305 e. The summed E-state index contributed by atoms with van der Waals surface area (Å²) in [6.45, 7) is 0. The Bertz CT molecular complexity index is 504. The van der Waals surface area contributed by atoms with E-state index in [1.54, 1.807) is 11.8 Å². The molecule has 0 saturated carbocycles. The van der Waals surface area contributed by atoms with Crippen LogP contribution in [-0.2, 0) is 19.6 Å². The summed E-state index contributed by atoms with van der Waals surface area (Å²) in [4.78, 5) is 13.8. The Kier molecular flexibility index (Phi) is 7.30. The van der Waals surface area contributed by atoms with Gasteiger partial charge in [0.25, 0.3) is 0 Å². The molecule has 0 unspecified atom stereocenters. The van der Waals surface area contributed by atoms with Crippen molar-refractivity contribution >= 4 is 27.8 Å². The van der Waals surface area contributed by atoms with Gasteiger partial charge in [0.1, 0.15) is 0 Å². The molecule has 120 valence electrons. The van der Waals surface area contributed by atoms with E-state index in [2.05, 4.69) is 19.5 Å². The fourth-order valence-corrected chi connectivity index (χ4v) is 4.64. The number of rotatable bonds is 8. The van der Waals surface area contributed by atoms with Crippen LogP contribution in [0.25, 0.3) is 10.4 Å². The van der Waals surface area contributed by atoms with Crippen molar-refractivity contribution in [3.05, 3.63) is 10.4 Å². The SMILES string of the molecule is COC(=O)CCCC[C@@H]1SC[C@@H](NS(C)(=O)=O)[C@@H]1N=[N+]=[N-]. The summed E-state index contributed by atoms with van der Waals surface area (Å²) in [6.07, 6.45) is 3.74. The number of azide groups is 1. The summed E-state index contributed by atoms with van der Waals surface area (Å²) in [7, 11) is -1.97. The van der Waals surface area contributed by atoms with Gasteiger partial charge < -0.3 is 4.74 Å². The lowest BCUT2D eigenvalue weighted by Gasteiger charge is -2.19. The van der Waals surface area contributed by atoms with Gasteiger partial charge in [0.15, 0.2) is 0 Å². The number of carbonyl (C=O) groups is 1. The Labute approximate surface area is 128 Å². The van der Waals surface area contributed by atoms with Gasteiger partial charge in [-0.15, -0.1) is 0 Å². The second kappa shape index (κ2) is 8.47. The van der Waals surface area contributed by atoms with E-state index in [1.807, 2.05) is 0 Å². The van der Waals surface area contributed by atoms with Crippen molar-refractivity contribution in [2.45, 2.75) is 43.0 Å². The normalized spacial score (nSPS) is 25.3. The molecule has 1 heterocycles. The van der Waals surface area contributed by atoms with Crippen LogP contribution in [-0.4, -0.2) is 50.8 Å². The Morgan fingerprint density at radius 2 is 2.24 bits per heavy atom. The highest BCUT2D eigenvalue weighted by atomic mass is 32.2. The maximum atomic E-state index is 11.3. The second-order valence-electron chi connectivity index (χ2n) is 4.89. The lowest BCUT2D eigenvalue weighted by Crippen LogP contribution is -2.42. The van der Waals surface area contributed by atoms with Gasteiger partial charge in [-0.2, -0.15) is 11.8 Å². The number of hydrogen-bond donors (Lipinski definition) is 1. The van der Waals surface area contributed by atoms with Crippen molar-refractivity contribution < 1.29 is 17.9 Å². The molecule has 1 aliphatic heterocycles. The molecular formula is C11H20N4O4S2. The number of ether oxygens (including phenoxy) is 1. The van der Waals surface area contributed by atoms with Crippen molar-refractivity contribution in [3.8, 4) is 0 Å². The zero-order valence-electron chi connectivity index (χ0n) is 12.1. The molecule has 21 heavy (non-hydrogen) atoms. The molecule has 0 bridgehead atoms. The molecular weight excluding hydrogens is 316 g/mol. The molecule has 0 aromatic carbocycles. The van der Waals surface area contributed by atoms with Crippen LogP contribution in [0.1, 0.15) is 25.7 Å². The zero-order chi connectivity index (χ0) is 15.9. The minimum atomic E-state index is -3.33. The van der Waals surface area contributed by atoms with E-state index in [0.717, 1.165) is 19.1 Å². The fraction of sp³-hybridized carbons (Fsp3) is 0.909. The van der Waals surface area contributed by atoms with Crippen LogP contribution in [0.5, 0.6) is 0 Å². The van der Waals surface area contributed by atoms with Crippen LogP contribution >= 0.6 is 11.8 Å². The molecule has 3 atom stereocenters. The Hall–Kier alpha value is -0.960. The van der Waals surface area contributed by atoms with Gasteiger partial charge in [-0.05, 0) is 18.4 Å². The number of hydrogen-bond acceptors (Lipinski definition) is 6. The largest absolute Gasteiger partial charge is 0.469 e. The van der Waals surface area contributed by atoms with Crippen molar-refractivity contribution in [3.63, 3.8) is 0 Å². The van der Waals surface area contributed by atoms with Gasteiger partial charge in [-0.3, -0.25) is 4.79 Å². The summed E-state index contributed by atoms with van der Waals surface area (Å²) in [5, 5.41) is 3.81. The molecule has 0 amide bonds. The van der Waals surface area contributed by atoms with Crippen LogP contribution in [0.3, 0.4) is 0 Å². The van der Waals surface area contributed by atoms with E-state index in [-0.39, 0.29) is 17.3 Å². The maximum absolute atomic E-state index is 11.3. The first-order chi connectivity index (χ1) is 9.87. The number of nitrogens with one attached hydrogen (secondary N) is 1. The van der Waals surface area contributed by atoms with Crippen molar-refractivity contribution in [2.75, 3.05) is 19.1 Å². The second-order valence-corrected chi connectivity index (χ2v) is 7.94. The van der Waals surface area contributed by atoms with E-state index in [0.29, 0.717) is 18.6 Å². The van der Waals surface area contributed by atoms with Crippen molar-refractivity contribution in [2.24, 2.45) is 5.11 Å². The molecule has 1 N–H and O–H groups in total. The minimum absolute atomic E-state index is 0.0674. The van der Waals surface area contributed by atoms with Crippen LogP contribution in [0.15, 0.2) is 5.11 Å². The molecule has 1 aliphatic rings. The van der Waals surface area contributed by atoms with Crippen LogP contribution < -0.4 is 4.72 Å². The molecule has 1 fully saturated rings. The molecule has 8 nitrogen and oxygen atoms in total. The van der Waals surface area contributed by atoms with Gasteiger partial charge in [-0.25, -0.2) is 13.1 Å². The number of nitrogens with zero attached hydrogens (tertiary/aromatic N) is 3. The average molecular weight is 336 g/mol. The number of methoxy groups -OCH3 is 1. The first kappa shape index (κ1) is 18.1. The first-order valence-electron chi connectivity index (χ1n) is 6.57. The van der Waals surface area contributed by atoms with E-state index in [1.165, 1.54) is 7.11 Å². The van der Waals surface area contributed by atoms with Crippen LogP contribution in [0, 0.1) is 0 Å². The maximum Gasteiger partial charge on any atom is 0.305 e. The minimum Gasteiger partial charge on any atom is -0.469 e. The van der Waals surface area contributed by atoms with Gasteiger partial charge in [0.05, 0.1) is 19.4 Å². The van der Waals surface area contributed by atoms with Gasteiger partial charge >= 0.3 is 5.97 Å². The molecule has 0 aromatic heterocycles. The number of esters is 1. The lowest BCUT2D eigenvalue weighted by molar-refractivity contribution is -0.140. The first-order valence-corrected chi connectivity index (χ1v) is 9.51. The van der Waals surface area contributed by atoms with E-state index >= 15 is 0 Å². The van der Waals surface area contributed by atoms with E-state index in [9.17, 15) is 13.2 Å². The predicted molar refractivity (Wildman–Crippen MR) is 81.4 cm³/mol.